The van der Waals surface area contributed by atoms with E-state index in [1.54, 1.807) is 17.0 Å². The molecule has 0 aliphatic heterocycles. The van der Waals surface area contributed by atoms with Gasteiger partial charge in [0.05, 0.1) is 11.0 Å². The molecular formula is C23H28N2O5S. The predicted octanol–water partition coefficient (Wildman–Crippen LogP) is 3.90. The fraction of sp³-hybridized carbons (Fsp3) is 0.304. The van der Waals surface area contributed by atoms with Gasteiger partial charge < -0.3 is 9.64 Å². The number of hydrogen-bond donors (Lipinski definition) is 1. The molecule has 31 heavy (non-hydrogen) atoms. The number of carbonyl (C=O) groups excluding carboxylic acids is 2. The second-order valence-corrected chi connectivity index (χ2v) is 9.07. The summed E-state index contributed by atoms with van der Waals surface area (Å²) in [5.41, 5.74) is 1.28. The van der Waals surface area contributed by atoms with Crippen LogP contribution in [0.4, 0.5) is 5.69 Å². The van der Waals surface area contributed by atoms with E-state index in [4.69, 9.17) is 4.74 Å². The number of esters is 1. The number of sulfonamides is 1. The molecule has 0 heterocycles. The molecular weight excluding hydrogens is 416 g/mol. The fourth-order valence-electron chi connectivity index (χ4n) is 3.06. The van der Waals surface area contributed by atoms with Gasteiger partial charge in [-0.25, -0.2) is 13.2 Å². The fourth-order valence-corrected chi connectivity index (χ4v) is 3.93. The predicted molar refractivity (Wildman–Crippen MR) is 122 cm³/mol. The maximum absolute atomic E-state index is 12.3. The maximum atomic E-state index is 12.3. The van der Waals surface area contributed by atoms with Gasteiger partial charge in [-0.2, -0.15) is 0 Å². The third-order valence-corrected chi connectivity index (χ3v) is 5.36. The Balaban J connectivity index is 1.95. The molecule has 0 spiro atoms. The summed E-state index contributed by atoms with van der Waals surface area (Å²) in [5, 5.41) is 1.07. The highest BCUT2D eigenvalue weighted by atomic mass is 32.2. The number of carbonyl (C=O) groups is 2. The van der Waals surface area contributed by atoms with Crippen LogP contribution in [-0.2, 0) is 19.6 Å². The second kappa shape index (κ2) is 10.8. The van der Waals surface area contributed by atoms with Gasteiger partial charge in [-0.05, 0) is 63.6 Å². The summed E-state index contributed by atoms with van der Waals surface area (Å²) in [6.07, 6.45) is 1.49. The topological polar surface area (TPSA) is 92.8 Å². The number of hydrogen-bond acceptors (Lipinski definition) is 5. The Hall–Kier alpha value is -3.13. The summed E-state index contributed by atoms with van der Waals surface area (Å²) < 4.78 is 32.0. The van der Waals surface area contributed by atoms with E-state index in [2.05, 4.69) is 4.72 Å². The summed E-state index contributed by atoms with van der Waals surface area (Å²) in [7, 11) is -3.71. The Morgan fingerprint density at radius 1 is 0.968 bits per heavy atom. The minimum Gasteiger partial charge on any atom is -0.452 e. The van der Waals surface area contributed by atoms with E-state index in [1.807, 2.05) is 45.9 Å². The molecule has 7 nitrogen and oxygen atoms in total. The number of ether oxygens (including phenoxy) is 1. The third kappa shape index (κ3) is 7.57. The van der Waals surface area contributed by atoms with Crippen molar-refractivity contribution in [3.8, 4) is 0 Å². The Morgan fingerprint density at radius 3 is 2.10 bits per heavy atom. The quantitative estimate of drug-likeness (QED) is 0.592. The van der Waals surface area contributed by atoms with E-state index in [0.29, 0.717) is 5.69 Å². The van der Waals surface area contributed by atoms with Gasteiger partial charge in [0, 0.05) is 17.8 Å². The Kier molecular flexibility index (Phi) is 8.38. The van der Waals surface area contributed by atoms with Crippen LogP contribution >= 0.6 is 0 Å². The van der Waals surface area contributed by atoms with Gasteiger partial charge in [-0.3, -0.25) is 9.52 Å². The lowest BCUT2D eigenvalue weighted by atomic mass is 10.2. The van der Waals surface area contributed by atoms with Gasteiger partial charge in [0.2, 0.25) is 0 Å². The molecule has 0 fully saturated rings. The zero-order valence-corrected chi connectivity index (χ0v) is 18.9. The smallest absolute Gasteiger partial charge is 0.338 e. The lowest BCUT2D eigenvalue weighted by molar-refractivity contribution is -0.138. The minimum absolute atomic E-state index is 0.00514. The van der Waals surface area contributed by atoms with Crippen molar-refractivity contribution in [3.63, 3.8) is 0 Å². The minimum atomic E-state index is -3.71. The van der Waals surface area contributed by atoms with Crippen molar-refractivity contribution in [3.05, 3.63) is 71.1 Å². The number of rotatable bonds is 9. The molecule has 2 aromatic carbocycles. The monoisotopic (exact) mass is 444 g/mol. The van der Waals surface area contributed by atoms with Crippen LogP contribution < -0.4 is 4.72 Å². The van der Waals surface area contributed by atoms with Crippen molar-refractivity contribution in [1.82, 2.24) is 4.90 Å². The highest BCUT2D eigenvalue weighted by Gasteiger charge is 2.21. The summed E-state index contributed by atoms with van der Waals surface area (Å²) >= 11 is 0. The molecule has 2 aromatic rings. The van der Waals surface area contributed by atoms with Gasteiger partial charge in [-0.15, -0.1) is 0 Å². The van der Waals surface area contributed by atoms with Crippen LogP contribution in [0.15, 0.2) is 60.0 Å². The highest BCUT2D eigenvalue weighted by molar-refractivity contribution is 7.95. The van der Waals surface area contributed by atoms with Gasteiger partial charge in [0.25, 0.3) is 15.9 Å². The molecule has 166 valence electrons. The first-order valence-corrected chi connectivity index (χ1v) is 11.5. The van der Waals surface area contributed by atoms with Crippen LogP contribution in [-0.4, -0.2) is 43.9 Å². The van der Waals surface area contributed by atoms with Crippen LogP contribution in [0.5, 0.6) is 0 Å². The SMILES string of the molecule is CC(C)N(C(=O)COC(=O)c1ccc(NS(=O)(=O)/C=C/c2ccccc2)cc1)C(C)C. The average Bonchev–Trinajstić information content (AvgIpc) is 2.71. The standard InChI is InChI=1S/C23H28N2O5S/c1-17(2)25(18(3)4)22(26)16-30-23(27)20-10-12-21(13-11-20)24-31(28,29)15-14-19-8-6-5-7-9-19/h5-15,17-18,24H,16H2,1-4H3/b15-14+. The molecule has 0 atom stereocenters. The van der Waals surface area contributed by atoms with Crippen molar-refractivity contribution in [2.24, 2.45) is 0 Å². The Morgan fingerprint density at radius 2 is 1.55 bits per heavy atom. The second-order valence-electron chi connectivity index (χ2n) is 7.50. The van der Waals surface area contributed by atoms with Gasteiger partial charge in [-0.1, -0.05) is 30.3 Å². The molecule has 0 aliphatic rings. The summed E-state index contributed by atoms with van der Waals surface area (Å²) in [6, 6.07) is 14.8. The van der Waals surface area contributed by atoms with E-state index in [-0.39, 0.29) is 30.2 Å². The molecule has 2 rings (SSSR count). The van der Waals surface area contributed by atoms with Crippen LogP contribution in [0.3, 0.4) is 0 Å². The Labute approximate surface area is 183 Å². The molecule has 0 bridgehead atoms. The number of anilines is 1. The van der Waals surface area contributed by atoms with Crippen LogP contribution in [0.2, 0.25) is 0 Å². The first-order chi connectivity index (χ1) is 14.6. The molecule has 8 heteroatoms. The highest BCUT2D eigenvalue weighted by Crippen LogP contribution is 2.14. The lowest BCUT2D eigenvalue weighted by Crippen LogP contribution is -2.44. The van der Waals surface area contributed by atoms with Crippen molar-refractivity contribution >= 4 is 33.7 Å². The largest absolute Gasteiger partial charge is 0.452 e. The molecule has 1 N–H and O–H groups in total. The van der Waals surface area contributed by atoms with E-state index in [9.17, 15) is 18.0 Å². The third-order valence-electron chi connectivity index (χ3n) is 4.35. The van der Waals surface area contributed by atoms with Crippen LogP contribution in [0, 0.1) is 0 Å². The summed E-state index contributed by atoms with van der Waals surface area (Å²) in [4.78, 5) is 26.2. The van der Waals surface area contributed by atoms with Crippen LogP contribution in [0.25, 0.3) is 6.08 Å². The van der Waals surface area contributed by atoms with E-state index < -0.39 is 16.0 Å². The average molecular weight is 445 g/mol. The normalized spacial score (nSPS) is 11.7. The van der Waals surface area contributed by atoms with Gasteiger partial charge >= 0.3 is 5.97 Å². The van der Waals surface area contributed by atoms with Crippen molar-refractivity contribution in [2.75, 3.05) is 11.3 Å². The van der Waals surface area contributed by atoms with Crippen LogP contribution in [0.1, 0.15) is 43.6 Å². The van der Waals surface area contributed by atoms with Crippen molar-refractivity contribution in [1.29, 1.82) is 0 Å². The summed E-state index contributed by atoms with van der Waals surface area (Å²) in [6.45, 7) is 7.24. The van der Waals surface area contributed by atoms with Crippen molar-refractivity contribution < 1.29 is 22.7 Å². The molecule has 0 radical (unpaired) electrons. The maximum Gasteiger partial charge on any atom is 0.338 e. The molecule has 0 aliphatic carbocycles. The molecule has 0 unspecified atom stereocenters. The van der Waals surface area contributed by atoms with E-state index >= 15 is 0 Å². The summed E-state index contributed by atoms with van der Waals surface area (Å²) in [5.74, 6) is -0.924. The first kappa shape index (κ1) is 24.1. The Bertz CT molecular complexity index is 1010. The molecule has 0 saturated heterocycles. The van der Waals surface area contributed by atoms with Gasteiger partial charge in [0.15, 0.2) is 6.61 Å². The zero-order chi connectivity index (χ0) is 23.0. The lowest BCUT2D eigenvalue weighted by Gasteiger charge is -2.30. The molecule has 1 amide bonds. The first-order valence-electron chi connectivity index (χ1n) is 9.93. The van der Waals surface area contributed by atoms with E-state index in [0.717, 1.165) is 11.0 Å². The number of nitrogens with zero attached hydrogens (tertiary/aromatic N) is 1. The zero-order valence-electron chi connectivity index (χ0n) is 18.1. The number of amides is 1. The van der Waals surface area contributed by atoms with Crippen molar-refractivity contribution in [2.45, 2.75) is 39.8 Å². The number of benzene rings is 2. The van der Waals surface area contributed by atoms with Gasteiger partial charge in [0.1, 0.15) is 0 Å². The van der Waals surface area contributed by atoms with E-state index in [1.165, 1.54) is 30.3 Å². The molecule has 0 saturated carbocycles. The molecule has 0 aromatic heterocycles. The number of nitrogens with one attached hydrogen (secondary N) is 1.